The van der Waals surface area contributed by atoms with E-state index in [-0.39, 0.29) is 6.10 Å². The second-order valence-electron chi connectivity index (χ2n) is 8.32. The summed E-state index contributed by atoms with van der Waals surface area (Å²) in [5.41, 5.74) is 5.42. The van der Waals surface area contributed by atoms with Crippen LogP contribution >= 0.6 is 0 Å². The van der Waals surface area contributed by atoms with Gasteiger partial charge in [0.05, 0.1) is 24.8 Å². The molecule has 1 fully saturated rings. The third-order valence-electron chi connectivity index (χ3n) is 6.09. The number of ether oxygens (including phenoxy) is 1. The van der Waals surface area contributed by atoms with Crippen molar-refractivity contribution in [3.05, 3.63) is 83.4 Å². The van der Waals surface area contributed by atoms with E-state index in [0.717, 1.165) is 60.9 Å². The molecule has 0 unspecified atom stereocenters. The zero-order chi connectivity index (χ0) is 21.9. The van der Waals surface area contributed by atoms with E-state index in [9.17, 15) is 0 Å². The van der Waals surface area contributed by atoms with Crippen molar-refractivity contribution in [1.82, 2.24) is 14.5 Å². The Morgan fingerprint density at radius 2 is 2.00 bits per heavy atom. The van der Waals surface area contributed by atoms with Gasteiger partial charge < -0.3 is 19.0 Å². The number of oxime groups is 1. The predicted molar refractivity (Wildman–Crippen MR) is 126 cm³/mol. The summed E-state index contributed by atoms with van der Waals surface area (Å²) in [4.78, 5) is 12.7. The monoisotopic (exact) mass is 428 g/mol. The molecule has 2 aliphatic heterocycles. The van der Waals surface area contributed by atoms with E-state index in [1.165, 1.54) is 11.1 Å². The molecule has 6 heteroatoms. The van der Waals surface area contributed by atoms with Gasteiger partial charge in [-0.1, -0.05) is 41.6 Å². The van der Waals surface area contributed by atoms with Crippen LogP contribution in [-0.4, -0.2) is 40.5 Å². The molecule has 1 aromatic heterocycles. The molecule has 0 bridgehead atoms. The average molecular weight is 429 g/mol. The largest absolute Gasteiger partial charge is 0.495 e. The Morgan fingerprint density at radius 3 is 2.78 bits per heavy atom. The van der Waals surface area contributed by atoms with Crippen molar-refractivity contribution in [2.45, 2.75) is 32.3 Å². The number of aromatic nitrogens is 2. The molecular formula is C26H28N4O2. The number of benzene rings is 2. The first-order valence-electron chi connectivity index (χ1n) is 11.1. The number of aryl methyl sites for hydroxylation is 1. The summed E-state index contributed by atoms with van der Waals surface area (Å²) in [6.07, 6.45) is 9.04. The number of methoxy groups -OCH3 is 1. The van der Waals surface area contributed by atoms with Crippen LogP contribution in [0.4, 0.5) is 0 Å². The first kappa shape index (κ1) is 20.4. The molecule has 2 aliphatic rings. The molecular weight excluding hydrogens is 400 g/mol. The van der Waals surface area contributed by atoms with Gasteiger partial charge in [-0.25, -0.2) is 4.98 Å². The lowest BCUT2D eigenvalue weighted by molar-refractivity contribution is 0.0576. The summed E-state index contributed by atoms with van der Waals surface area (Å²) in [5.74, 6) is 1.77. The van der Waals surface area contributed by atoms with Crippen LogP contribution in [0.25, 0.3) is 11.8 Å². The van der Waals surface area contributed by atoms with Crippen molar-refractivity contribution in [1.29, 1.82) is 0 Å². The lowest BCUT2D eigenvalue weighted by atomic mass is 9.99. The molecule has 0 saturated carbocycles. The highest BCUT2D eigenvalue weighted by molar-refractivity contribution is 6.02. The lowest BCUT2D eigenvalue weighted by Crippen LogP contribution is -2.37. The fourth-order valence-corrected chi connectivity index (χ4v) is 4.44. The van der Waals surface area contributed by atoms with Gasteiger partial charge in [0.2, 0.25) is 0 Å². The second kappa shape index (κ2) is 8.91. The van der Waals surface area contributed by atoms with Crippen LogP contribution in [-0.2, 0) is 4.84 Å². The van der Waals surface area contributed by atoms with Crippen molar-refractivity contribution in [3.63, 3.8) is 0 Å². The summed E-state index contributed by atoms with van der Waals surface area (Å²) in [5, 5.41) is 4.62. The molecule has 3 aromatic rings. The highest BCUT2D eigenvalue weighted by Gasteiger charge is 2.27. The maximum Gasteiger partial charge on any atom is 0.171 e. The fraction of sp³-hybridized carbons (Fsp3) is 0.308. The van der Waals surface area contributed by atoms with Crippen molar-refractivity contribution in [2.24, 2.45) is 5.16 Å². The highest BCUT2D eigenvalue weighted by atomic mass is 16.6. The van der Waals surface area contributed by atoms with E-state index < -0.39 is 0 Å². The first-order chi connectivity index (χ1) is 15.7. The van der Waals surface area contributed by atoms with Gasteiger partial charge in [-0.05, 0) is 54.7 Å². The molecule has 1 atom stereocenters. The first-order valence-corrected chi connectivity index (χ1v) is 11.1. The Balaban J connectivity index is 1.43. The van der Waals surface area contributed by atoms with Gasteiger partial charge in [-0.3, -0.25) is 0 Å². The molecule has 164 valence electrons. The minimum Gasteiger partial charge on any atom is -0.495 e. The number of hydrogen-bond donors (Lipinski definition) is 0. The van der Waals surface area contributed by atoms with Crippen LogP contribution in [0.5, 0.6) is 5.75 Å². The maximum atomic E-state index is 6.02. The Bertz CT molecular complexity index is 1150. The number of amidine groups is 1. The number of imidazole rings is 1. The van der Waals surface area contributed by atoms with Crippen LogP contribution in [0.3, 0.4) is 0 Å². The zero-order valence-electron chi connectivity index (χ0n) is 18.6. The van der Waals surface area contributed by atoms with Gasteiger partial charge in [0, 0.05) is 25.7 Å². The summed E-state index contributed by atoms with van der Waals surface area (Å²) in [7, 11) is 1.70. The molecule has 0 N–H and O–H groups in total. The van der Waals surface area contributed by atoms with Crippen molar-refractivity contribution < 1.29 is 9.57 Å². The molecule has 2 aromatic carbocycles. The Kier molecular flexibility index (Phi) is 5.67. The van der Waals surface area contributed by atoms with Crippen LogP contribution < -0.4 is 4.74 Å². The minimum atomic E-state index is -0.00596. The fourth-order valence-electron chi connectivity index (χ4n) is 4.44. The maximum absolute atomic E-state index is 6.02. The summed E-state index contributed by atoms with van der Waals surface area (Å²) >= 11 is 0. The topological polar surface area (TPSA) is 51.9 Å². The lowest BCUT2D eigenvalue weighted by Gasteiger charge is -2.29. The Morgan fingerprint density at radius 1 is 1.12 bits per heavy atom. The number of fused-ring (bicyclic) bond motifs is 1. The quantitative estimate of drug-likeness (QED) is 0.577. The van der Waals surface area contributed by atoms with E-state index in [1.54, 1.807) is 7.11 Å². The number of piperidine rings is 1. The van der Waals surface area contributed by atoms with Gasteiger partial charge >= 0.3 is 0 Å². The molecule has 1 saturated heterocycles. The molecule has 6 nitrogen and oxygen atoms in total. The molecule has 32 heavy (non-hydrogen) atoms. The van der Waals surface area contributed by atoms with Crippen LogP contribution in [0.1, 0.15) is 42.2 Å². The van der Waals surface area contributed by atoms with Crippen LogP contribution in [0, 0.1) is 6.92 Å². The smallest absolute Gasteiger partial charge is 0.171 e. The third kappa shape index (κ3) is 4.13. The van der Waals surface area contributed by atoms with Crippen LogP contribution in [0.15, 0.2) is 71.8 Å². The summed E-state index contributed by atoms with van der Waals surface area (Å²) < 4.78 is 7.67. The van der Waals surface area contributed by atoms with E-state index in [0.29, 0.717) is 0 Å². The van der Waals surface area contributed by atoms with E-state index in [4.69, 9.17) is 9.57 Å². The standard InChI is InChI=1S/C26H28N4O2/c1-19-17-30(18-27-19)23-11-10-20(16-25(23)31-2)15-22-9-6-13-29-14-12-24(32-28-26(22)29)21-7-4-3-5-8-21/h3-5,7-8,10-11,15-18,24H,6,9,12-14H2,1-2H3/t24-/m0/s1. The molecule has 3 heterocycles. The Hall–Kier alpha value is -3.54. The summed E-state index contributed by atoms with van der Waals surface area (Å²) in [6.45, 7) is 3.94. The number of hydrogen-bond acceptors (Lipinski definition) is 5. The SMILES string of the molecule is COc1cc(C=C2CCCN3CC[C@@H](c4ccccc4)ON=C23)ccc1-n1cnc(C)c1. The number of nitrogens with zero attached hydrogens (tertiary/aromatic N) is 4. The third-order valence-corrected chi connectivity index (χ3v) is 6.09. The van der Waals surface area contributed by atoms with E-state index >= 15 is 0 Å². The zero-order valence-corrected chi connectivity index (χ0v) is 18.6. The van der Waals surface area contributed by atoms with Gasteiger partial charge in [0.25, 0.3) is 0 Å². The van der Waals surface area contributed by atoms with Crippen LogP contribution in [0.2, 0.25) is 0 Å². The van der Waals surface area contributed by atoms with E-state index in [1.807, 2.05) is 30.1 Å². The van der Waals surface area contributed by atoms with Gasteiger partial charge in [0.1, 0.15) is 5.75 Å². The average Bonchev–Trinajstić information content (AvgIpc) is 3.13. The van der Waals surface area contributed by atoms with Crippen molar-refractivity contribution in [3.8, 4) is 11.4 Å². The second-order valence-corrected chi connectivity index (χ2v) is 8.32. The van der Waals surface area contributed by atoms with Crippen molar-refractivity contribution >= 4 is 11.9 Å². The Labute approximate surface area is 188 Å². The molecule has 0 spiro atoms. The molecule has 0 radical (unpaired) electrons. The van der Waals surface area contributed by atoms with Gasteiger partial charge in [0.15, 0.2) is 11.9 Å². The molecule has 0 aliphatic carbocycles. The van der Waals surface area contributed by atoms with E-state index in [2.05, 4.69) is 63.6 Å². The van der Waals surface area contributed by atoms with Gasteiger partial charge in [-0.15, -0.1) is 0 Å². The summed E-state index contributed by atoms with van der Waals surface area (Å²) in [6, 6.07) is 16.6. The highest BCUT2D eigenvalue weighted by Crippen LogP contribution is 2.31. The molecule has 0 amide bonds. The number of rotatable bonds is 4. The molecule has 5 rings (SSSR count). The minimum absolute atomic E-state index is 0.00596. The normalized spacial score (nSPS) is 19.7. The van der Waals surface area contributed by atoms with Crippen molar-refractivity contribution in [2.75, 3.05) is 20.2 Å². The predicted octanol–water partition coefficient (Wildman–Crippen LogP) is 5.14. The van der Waals surface area contributed by atoms with Gasteiger partial charge in [-0.2, -0.15) is 0 Å².